The molecule has 0 spiro atoms. The third-order valence-electron chi connectivity index (χ3n) is 9.22. The van der Waals surface area contributed by atoms with Crippen LogP contribution in [0.2, 0.25) is 5.02 Å². The second-order valence-corrected chi connectivity index (χ2v) is 12.9. The number of piperidine rings is 1. The van der Waals surface area contributed by atoms with Gasteiger partial charge in [0, 0.05) is 41.3 Å². The molecule has 1 aromatic heterocycles. The first-order chi connectivity index (χ1) is 24.4. The number of nitrogens with one attached hydrogen (secondary N) is 1. The van der Waals surface area contributed by atoms with E-state index in [0.29, 0.717) is 53.9 Å². The molecule has 0 aliphatic carbocycles. The summed E-state index contributed by atoms with van der Waals surface area (Å²) >= 11 is 6.16. The van der Waals surface area contributed by atoms with Gasteiger partial charge in [0.25, 0.3) is 11.8 Å². The summed E-state index contributed by atoms with van der Waals surface area (Å²) in [7, 11) is 1.02. The van der Waals surface area contributed by atoms with Crippen molar-refractivity contribution in [2.24, 2.45) is 4.99 Å². The highest BCUT2D eigenvalue weighted by atomic mass is 35.5. The van der Waals surface area contributed by atoms with E-state index in [4.69, 9.17) is 26.4 Å². The molecule has 12 heteroatoms. The van der Waals surface area contributed by atoms with E-state index in [2.05, 4.69) is 27.6 Å². The van der Waals surface area contributed by atoms with Crippen LogP contribution >= 0.6 is 11.6 Å². The van der Waals surface area contributed by atoms with Crippen molar-refractivity contribution in [2.75, 3.05) is 19.7 Å². The van der Waals surface area contributed by atoms with E-state index in [0.717, 1.165) is 60.1 Å². The van der Waals surface area contributed by atoms with Gasteiger partial charge in [0.05, 0.1) is 11.4 Å². The topological polar surface area (TPSA) is 122 Å². The van der Waals surface area contributed by atoms with E-state index < -0.39 is 0 Å². The van der Waals surface area contributed by atoms with Crippen LogP contribution in [0.4, 0.5) is 0 Å². The van der Waals surface area contributed by atoms with Crippen LogP contribution in [0.3, 0.4) is 0 Å². The zero-order chi connectivity index (χ0) is 34.6. The molecule has 0 unspecified atom stereocenters. The van der Waals surface area contributed by atoms with Crippen molar-refractivity contribution in [1.82, 2.24) is 25.0 Å². The number of halogens is 1. The van der Waals surface area contributed by atoms with Gasteiger partial charge in [-0.1, -0.05) is 65.6 Å². The van der Waals surface area contributed by atoms with Crippen LogP contribution in [0.25, 0.3) is 5.69 Å². The van der Waals surface area contributed by atoms with Gasteiger partial charge in [-0.25, -0.2) is 0 Å². The monoisotopic (exact) mass is 685 g/mol. The van der Waals surface area contributed by atoms with Crippen molar-refractivity contribution < 1.29 is 19.3 Å². The van der Waals surface area contributed by atoms with E-state index in [9.17, 15) is 9.59 Å². The average Bonchev–Trinajstić information content (AvgIpc) is 3.44. The summed E-state index contributed by atoms with van der Waals surface area (Å²) in [4.78, 5) is 32.7. The number of likely N-dealkylation sites (tertiary alicyclic amines) is 1. The van der Waals surface area contributed by atoms with Crippen molar-refractivity contribution in [1.29, 1.82) is 0 Å². The minimum atomic E-state index is -0.231. The van der Waals surface area contributed by atoms with E-state index in [-0.39, 0.29) is 18.4 Å². The highest BCUT2D eigenvalue weighted by Crippen LogP contribution is 2.31. The summed E-state index contributed by atoms with van der Waals surface area (Å²) in [5.74, 6) is 2.15. The maximum Gasteiger partial charge on any atom is 0.326 e. The standard InChI is InChI=1S/C38H35BClN6O4/c1-24-43-44-35-22-42-37(27-7-11-31(40)12-8-27)33-20-32(13-14-34(33)46(24)35)50-23-36(47)41-21-25-3-2-4-29(19-25)26-15-17-45(18-16-26)38(48)28-5-9-30(39-49)10-6-28/h2-14,19-20,26,49H,15-18,21-23H2,1H3,(H,41,47). The Kier molecular flexibility index (Phi) is 9.77. The van der Waals surface area contributed by atoms with Crippen molar-refractivity contribution in [3.8, 4) is 11.4 Å². The van der Waals surface area contributed by atoms with Gasteiger partial charge in [0.2, 0.25) is 0 Å². The lowest BCUT2D eigenvalue weighted by atomic mass is 9.87. The molecule has 10 nitrogen and oxygen atoms in total. The highest BCUT2D eigenvalue weighted by Gasteiger charge is 2.25. The van der Waals surface area contributed by atoms with Crippen LogP contribution in [-0.4, -0.2) is 69.4 Å². The van der Waals surface area contributed by atoms with Gasteiger partial charge < -0.3 is 20.0 Å². The molecule has 7 rings (SSSR count). The number of rotatable bonds is 9. The third-order valence-corrected chi connectivity index (χ3v) is 9.48. The number of benzene rings is 4. The number of carbonyl (C=O) groups excluding carboxylic acids is 2. The molecule has 5 aromatic rings. The van der Waals surface area contributed by atoms with Crippen LogP contribution in [0.15, 0.2) is 96.0 Å². The fourth-order valence-electron chi connectivity index (χ4n) is 6.57. The summed E-state index contributed by atoms with van der Waals surface area (Å²) in [5.41, 5.74) is 6.91. The van der Waals surface area contributed by atoms with E-state index >= 15 is 0 Å². The lowest BCUT2D eigenvalue weighted by molar-refractivity contribution is -0.123. The van der Waals surface area contributed by atoms with Gasteiger partial charge in [-0.2, -0.15) is 0 Å². The van der Waals surface area contributed by atoms with Gasteiger partial charge in [-0.15, -0.1) is 10.2 Å². The zero-order valence-electron chi connectivity index (χ0n) is 27.6. The predicted octanol–water partition coefficient (Wildman–Crippen LogP) is 4.53. The Labute approximate surface area is 296 Å². The number of fused-ring (bicyclic) bond motifs is 3. The second kappa shape index (κ2) is 14.7. The Bertz CT molecular complexity index is 2060. The average molecular weight is 686 g/mol. The predicted molar refractivity (Wildman–Crippen MR) is 193 cm³/mol. The highest BCUT2D eigenvalue weighted by molar-refractivity contribution is 6.45. The first-order valence-electron chi connectivity index (χ1n) is 16.6. The summed E-state index contributed by atoms with van der Waals surface area (Å²) in [5, 5.41) is 21.4. The lowest BCUT2D eigenvalue weighted by Crippen LogP contribution is -2.38. The number of carbonyl (C=O) groups is 2. The fourth-order valence-corrected chi connectivity index (χ4v) is 6.69. The molecule has 0 bridgehead atoms. The summed E-state index contributed by atoms with van der Waals surface area (Å²) in [6.07, 6.45) is 1.72. The van der Waals surface area contributed by atoms with E-state index in [1.807, 2.05) is 71.0 Å². The fraction of sp³-hybridized carbons (Fsp3) is 0.237. The maximum absolute atomic E-state index is 13.0. The summed E-state index contributed by atoms with van der Waals surface area (Å²) < 4.78 is 7.98. The van der Waals surface area contributed by atoms with Gasteiger partial charge in [0.15, 0.2) is 12.4 Å². The molecule has 0 saturated carbocycles. The minimum absolute atomic E-state index is 0.00682. The molecule has 2 aliphatic heterocycles. The number of amides is 2. The van der Waals surface area contributed by atoms with Gasteiger partial charge in [-0.3, -0.25) is 19.1 Å². The van der Waals surface area contributed by atoms with Crippen molar-refractivity contribution in [3.05, 3.63) is 135 Å². The van der Waals surface area contributed by atoms with Gasteiger partial charge >= 0.3 is 7.48 Å². The number of aliphatic imine (C=N–C) groups is 1. The number of hydrogen-bond donors (Lipinski definition) is 2. The lowest BCUT2D eigenvalue weighted by Gasteiger charge is -2.32. The Hall–Kier alpha value is -5.26. The second-order valence-electron chi connectivity index (χ2n) is 12.5. The largest absolute Gasteiger partial charge is 0.484 e. The van der Waals surface area contributed by atoms with Crippen LogP contribution in [0.1, 0.15) is 63.0 Å². The molecule has 2 aliphatic rings. The number of ether oxygens (including phenoxy) is 1. The zero-order valence-corrected chi connectivity index (χ0v) is 28.3. The summed E-state index contributed by atoms with van der Waals surface area (Å²) in [6, 6.07) is 28.5. The van der Waals surface area contributed by atoms with E-state index in [1.54, 1.807) is 24.3 Å². The Balaban J connectivity index is 0.959. The molecule has 0 atom stereocenters. The van der Waals surface area contributed by atoms with Crippen LogP contribution in [0.5, 0.6) is 5.75 Å². The third kappa shape index (κ3) is 7.20. The molecular weight excluding hydrogens is 651 g/mol. The Morgan fingerprint density at radius 1 is 0.980 bits per heavy atom. The SMILES string of the molecule is Cc1nnc2n1-c1ccc(OCC(=O)NCc3cccc(C4CCN(C(=O)c5ccc([B]O)cc5)CC4)c3)cc1C(c1ccc(Cl)cc1)=NC2. The number of hydrogen-bond acceptors (Lipinski definition) is 7. The molecule has 2 N–H and O–H groups in total. The Morgan fingerprint density at radius 3 is 2.52 bits per heavy atom. The molecule has 3 heterocycles. The number of nitrogens with zero attached hydrogens (tertiary/aromatic N) is 5. The van der Waals surface area contributed by atoms with Crippen LogP contribution in [-0.2, 0) is 17.9 Å². The quantitative estimate of drug-likeness (QED) is 0.220. The minimum Gasteiger partial charge on any atom is -0.484 e. The molecule has 2 amide bonds. The molecule has 4 aromatic carbocycles. The molecule has 50 heavy (non-hydrogen) atoms. The van der Waals surface area contributed by atoms with Gasteiger partial charge in [0.1, 0.15) is 18.1 Å². The smallest absolute Gasteiger partial charge is 0.326 e. The Morgan fingerprint density at radius 2 is 1.76 bits per heavy atom. The number of aromatic nitrogens is 3. The van der Waals surface area contributed by atoms with E-state index in [1.165, 1.54) is 5.56 Å². The normalized spacial score (nSPS) is 14.2. The molecule has 1 radical (unpaired) electrons. The van der Waals surface area contributed by atoms with Crippen LogP contribution < -0.4 is 15.5 Å². The molecule has 1 fully saturated rings. The molecule has 251 valence electrons. The first-order valence-corrected chi connectivity index (χ1v) is 17.0. The van der Waals surface area contributed by atoms with Crippen LogP contribution in [0, 0.1) is 6.92 Å². The van der Waals surface area contributed by atoms with Crippen molar-refractivity contribution in [2.45, 2.75) is 38.8 Å². The number of aryl methyl sites for hydroxylation is 1. The van der Waals surface area contributed by atoms with Gasteiger partial charge in [-0.05, 0) is 79.3 Å². The first kappa shape index (κ1) is 33.3. The maximum atomic E-state index is 13.0. The molecular formula is C38H35BClN6O4. The summed E-state index contributed by atoms with van der Waals surface area (Å²) in [6.45, 7) is 3.85. The molecule has 1 saturated heterocycles. The van der Waals surface area contributed by atoms with Crippen molar-refractivity contribution >= 4 is 42.1 Å². The van der Waals surface area contributed by atoms with Crippen molar-refractivity contribution in [3.63, 3.8) is 0 Å².